The summed E-state index contributed by atoms with van der Waals surface area (Å²) in [5, 5.41) is 0.530. The van der Waals surface area contributed by atoms with Crippen LogP contribution in [0.3, 0.4) is 0 Å². The lowest BCUT2D eigenvalue weighted by Gasteiger charge is -2.08. The van der Waals surface area contributed by atoms with E-state index in [1.165, 1.54) is 10.9 Å². The minimum absolute atomic E-state index is 0.129. The Balaban J connectivity index is 2.02. The first-order chi connectivity index (χ1) is 11.0. The molecule has 116 valence electrons. The number of amides is 1. The molecule has 0 unspecified atom stereocenters. The molecule has 2 aromatic carbocycles. The Morgan fingerprint density at radius 1 is 1.17 bits per heavy atom. The fraction of sp³-hybridized carbons (Fsp3) is 0.0625. The number of hydrogen-bond acceptors (Lipinski definition) is 3. The van der Waals surface area contributed by atoms with Gasteiger partial charge in [0.05, 0.1) is 23.8 Å². The number of hydrogen-bond donors (Lipinski definition) is 1. The van der Waals surface area contributed by atoms with E-state index < -0.39 is 5.91 Å². The molecule has 0 saturated carbocycles. The summed E-state index contributed by atoms with van der Waals surface area (Å²) < 4.78 is 3.09. The second kappa shape index (κ2) is 6.25. The van der Waals surface area contributed by atoms with Gasteiger partial charge in [-0.1, -0.05) is 28.1 Å². The van der Waals surface area contributed by atoms with Gasteiger partial charge >= 0.3 is 0 Å². The Morgan fingerprint density at radius 2 is 1.87 bits per heavy atom. The van der Waals surface area contributed by atoms with Gasteiger partial charge in [0.2, 0.25) is 5.91 Å². The van der Waals surface area contributed by atoms with E-state index in [2.05, 4.69) is 36.8 Å². The van der Waals surface area contributed by atoms with Crippen molar-refractivity contribution in [1.82, 2.24) is 9.55 Å². The van der Waals surface area contributed by atoms with Gasteiger partial charge in [0, 0.05) is 14.5 Å². The van der Waals surface area contributed by atoms with E-state index in [9.17, 15) is 9.59 Å². The van der Waals surface area contributed by atoms with Gasteiger partial charge in [-0.25, -0.2) is 4.98 Å². The number of nitrogens with zero attached hydrogens (tertiary/aromatic N) is 2. The molecule has 0 aliphatic rings. The van der Waals surface area contributed by atoms with E-state index in [4.69, 9.17) is 5.73 Å². The lowest BCUT2D eigenvalue weighted by molar-refractivity contribution is 0.100. The highest BCUT2D eigenvalue weighted by Gasteiger charge is 2.09. The normalized spacial score (nSPS) is 10.9. The molecule has 1 heterocycles. The average Bonchev–Trinajstić information content (AvgIpc) is 2.51. The zero-order chi connectivity index (χ0) is 16.6. The SMILES string of the molecule is NC(=O)c1ccc(Cn2cnc3c(Br)cc(Br)cc3c2=O)cc1. The van der Waals surface area contributed by atoms with Crippen molar-refractivity contribution >= 4 is 48.7 Å². The van der Waals surface area contributed by atoms with Crippen molar-refractivity contribution in [3.05, 3.63) is 73.2 Å². The summed E-state index contributed by atoms with van der Waals surface area (Å²) in [5.41, 5.74) is 7.03. The van der Waals surface area contributed by atoms with E-state index in [0.29, 0.717) is 23.0 Å². The Bertz CT molecular complexity index is 965. The topological polar surface area (TPSA) is 78.0 Å². The standard InChI is InChI=1S/C16H11Br2N3O2/c17-11-5-12-14(13(18)6-11)20-8-21(16(12)23)7-9-1-3-10(4-2-9)15(19)22/h1-6,8H,7H2,(H2,19,22). The fourth-order valence-electron chi connectivity index (χ4n) is 2.28. The molecule has 5 nitrogen and oxygen atoms in total. The van der Waals surface area contributed by atoms with Crippen LogP contribution < -0.4 is 11.3 Å². The van der Waals surface area contributed by atoms with Crippen LogP contribution in [0.1, 0.15) is 15.9 Å². The highest BCUT2D eigenvalue weighted by atomic mass is 79.9. The van der Waals surface area contributed by atoms with Crippen LogP contribution in [0.5, 0.6) is 0 Å². The molecule has 7 heteroatoms. The van der Waals surface area contributed by atoms with Crippen molar-refractivity contribution in [2.75, 3.05) is 0 Å². The van der Waals surface area contributed by atoms with Crippen molar-refractivity contribution in [1.29, 1.82) is 0 Å². The number of carbonyl (C=O) groups excluding carboxylic acids is 1. The largest absolute Gasteiger partial charge is 0.366 e. The van der Waals surface area contributed by atoms with Crippen LogP contribution in [0.25, 0.3) is 10.9 Å². The number of benzene rings is 2. The van der Waals surface area contributed by atoms with Crippen LogP contribution in [0.15, 0.2) is 56.5 Å². The number of halogens is 2. The van der Waals surface area contributed by atoms with E-state index in [1.54, 1.807) is 30.3 Å². The zero-order valence-corrected chi connectivity index (χ0v) is 15.0. The first kappa shape index (κ1) is 15.9. The van der Waals surface area contributed by atoms with Crippen molar-refractivity contribution in [2.24, 2.45) is 5.73 Å². The van der Waals surface area contributed by atoms with Gasteiger partial charge in [0.25, 0.3) is 5.56 Å². The molecule has 0 radical (unpaired) electrons. The zero-order valence-electron chi connectivity index (χ0n) is 11.8. The van der Waals surface area contributed by atoms with Gasteiger partial charge in [-0.15, -0.1) is 0 Å². The van der Waals surface area contributed by atoms with Crippen molar-refractivity contribution in [2.45, 2.75) is 6.54 Å². The van der Waals surface area contributed by atoms with Gasteiger partial charge in [-0.05, 0) is 45.8 Å². The molecule has 1 amide bonds. The third kappa shape index (κ3) is 3.20. The van der Waals surface area contributed by atoms with Gasteiger partial charge in [-0.2, -0.15) is 0 Å². The van der Waals surface area contributed by atoms with E-state index in [0.717, 1.165) is 14.5 Å². The van der Waals surface area contributed by atoms with Crippen molar-refractivity contribution in [3.8, 4) is 0 Å². The molecule has 0 saturated heterocycles. The number of rotatable bonds is 3. The minimum Gasteiger partial charge on any atom is -0.366 e. The summed E-state index contributed by atoms with van der Waals surface area (Å²) in [5.74, 6) is -0.476. The van der Waals surface area contributed by atoms with Crippen LogP contribution in [0.4, 0.5) is 0 Å². The number of aromatic nitrogens is 2. The maximum atomic E-state index is 12.6. The first-order valence-electron chi connectivity index (χ1n) is 6.68. The molecule has 0 fully saturated rings. The molecule has 1 aromatic heterocycles. The highest BCUT2D eigenvalue weighted by molar-refractivity contribution is 9.11. The lowest BCUT2D eigenvalue weighted by atomic mass is 10.1. The van der Waals surface area contributed by atoms with Crippen LogP contribution in [0, 0.1) is 0 Å². The summed E-state index contributed by atoms with van der Waals surface area (Å²) in [6.07, 6.45) is 1.52. The minimum atomic E-state index is -0.476. The van der Waals surface area contributed by atoms with Crippen LogP contribution >= 0.6 is 31.9 Å². The van der Waals surface area contributed by atoms with E-state index >= 15 is 0 Å². The summed E-state index contributed by atoms with van der Waals surface area (Å²) >= 11 is 6.79. The summed E-state index contributed by atoms with van der Waals surface area (Å²) in [6, 6.07) is 10.4. The second-order valence-corrected chi connectivity index (χ2v) is 6.79. The summed E-state index contributed by atoms with van der Waals surface area (Å²) in [4.78, 5) is 28.0. The molecule has 0 aliphatic carbocycles. The fourth-order valence-corrected chi connectivity index (χ4v) is 3.61. The Hall–Kier alpha value is -1.99. The number of nitrogens with two attached hydrogens (primary N) is 1. The lowest BCUT2D eigenvalue weighted by Crippen LogP contribution is -2.21. The van der Waals surface area contributed by atoms with Gasteiger partial charge in [-0.3, -0.25) is 14.2 Å². The van der Waals surface area contributed by atoms with E-state index in [1.807, 2.05) is 6.07 Å². The molecule has 0 aliphatic heterocycles. The second-order valence-electron chi connectivity index (χ2n) is 5.02. The van der Waals surface area contributed by atoms with Crippen LogP contribution in [-0.4, -0.2) is 15.5 Å². The Labute approximate surface area is 148 Å². The Kier molecular flexibility index (Phi) is 4.32. The molecule has 0 spiro atoms. The molecule has 0 bridgehead atoms. The predicted molar refractivity (Wildman–Crippen MR) is 95.5 cm³/mol. The summed E-state index contributed by atoms with van der Waals surface area (Å²) in [7, 11) is 0. The van der Waals surface area contributed by atoms with Crippen LogP contribution in [0.2, 0.25) is 0 Å². The third-order valence-electron chi connectivity index (χ3n) is 3.44. The van der Waals surface area contributed by atoms with E-state index in [-0.39, 0.29) is 5.56 Å². The van der Waals surface area contributed by atoms with Crippen molar-refractivity contribution < 1.29 is 4.79 Å². The number of fused-ring (bicyclic) bond motifs is 1. The third-order valence-corrected chi connectivity index (χ3v) is 4.50. The van der Waals surface area contributed by atoms with Crippen molar-refractivity contribution in [3.63, 3.8) is 0 Å². The smallest absolute Gasteiger partial charge is 0.261 e. The summed E-state index contributed by atoms with van der Waals surface area (Å²) in [6.45, 7) is 0.366. The Morgan fingerprint density at radius 3 is 2.52 bits per heavy atom. The molecular weight excluding hydrogens is 426 g/mol. The van der Waals surface area contributed by atoms with Gasteiger partial charge in [0.1, 0.15) is 0 Å². The molecule has 3 aromatic rings. The average molecular weight is 437 g/mol. The quantitative estimate of drug-likeness (QED) is 0.685. The highest BCUT2D eigenvalue weighted by Crippen LogP contribution is 2.24. The van der Waals surface area contributed by atoms with Gasteiger partial charge in [0.15, 0.2) is 0 Å². The molecular formula is C16H11Br2N3O2. The predicted octanol–water partition coefficient (Wildman–Crippen LogP) is 3.07. The molecule has 3 rings (SSSR count). The maximum Gasteiger partial charge on any atom is 0.261 e. The molecule has 0 atom stereocenters. The molecule has 2 N–H and O–H groups in total. The molecule has 23 heavy (non-hydrogen) atoms. The maximum absolute atomic E-state index is 12.6. The van der Waals surface area contributed by atoms with Crippen LogP contribution in [-0.2, 0) is 6.54 Å². The monoisotopic (exact) mass is 435 g/mol. The first-order valence-corrected chi connectivity index (χ1v) is 8.27. The number of primary amides is 1. The number of carbonyl (C=O) groups is 1. The van der Waals surface area contributed by atoms with Gasteiger partial charge < -0.3 is 5.73 Å².